The van der Waals surface area contributed by atoms with Crippen LogP contribution in [0.5, 0.6) is 0 Å². The average molecular weight is 338 g/mol. The Morgan fingerprint density at radius 2 is 2.14 bits per heavy atom. The summed E-state index contributed by atoms with van der Waals surface area (Å²) < 4.78 is 4.76. The van der Waals surface area contributed by atoms with Gasteiger partial charge < -0.3 is 9.64 Å². The van der Waals surface area contributed by atoms with Gasteiger partial charge in [-0.05, 0) is 31.0 Å². The van der Waals surface area contributed by atoms with Crippen molar-refractivity contribution in [1.82, 2.24) is 14.9 Å². The third kappa shape index (κ3) is 3.28. The van der Waals surface area contributed by atoms with Crippen molar-refractivity contribution in [3.63, 3.8) is 0 Å². The minimum absolute atomic E-state index is 0.247. The van der Waals surface area contributed by atoms with Crippen LogP contribution in [0.4, 0.5) is 4.79 Å². The highest BCUT2D eigenvalue weighted by Crippen LogP contribution is 2.33. The van der Waals surface area contributed by atoms with Crippen molar-refractivity contribution in [2.45, 2.75) is 23.1 Å². The Balaban J connectivity index is 1.72. The van der Waals surface area contributed by atoms with E-state index in [1.807, 2.05) is 18.2 Å². The van der Waals surface area contributed by atoms with Crippen LogP contribution in [0.2, 0.25) is 5.02 Å². The summed E-state index contributed by atoms with van der Waals surface area (Å²) >= 11 is 7.82. The van der Waals surface area contributed by atoms with Crippen LogP contribution in [0.25, 0.3) is 10.9 Å². The number of methoxy groups -OCH3 is 1. The number of likely N-dealkylation sites (tertiary alicyclic amines) is 1. The normalized spacial score (nSPS) is 16.0. The predicted molar refractivity (Wildman–Crippen MR) is 87.4 cm³/mol. The van der Waals surface area contributed by atoms with Gasteiger partial charge in [0.1, 0.15) is 11.4 Å². The van der Waals surface area contributed by atoms with Crippen LogP contribution in [-0.2, 0) is 4.74 Å². The van der Waals surface area contributed by atoms with Gasteiger partial charge in [0.15, 0.2) is 0 Å². The number of aromatic nitrogens is 2. The van der Waals surface area contributed by atoms with Crippen LogP contribution < -0.4 is 0 Å². The van der Waals surface area contributed by atoms with E-state index in [9.17, 15) is 4.79 Å². The molecule has 3 rings (SSSR count). The molecule has 0 radical (unpaired) electrons. The summed E-state index contributed by atoms with van der Waals surface area (Å²) in [6.07, 6.45) is 3.18. The van der Waals surface area contributed by atoms with E-state index in [0.29, 0.717) is 23.4 Å². The Morgan fingerprint density at radius 3 is 2.86 bits per heavy atom. The third-order valence-electron chi connectivity index (χ3n) is 3.71. The molecular formula is C15H16ClN3O2S. The summed E-state index contributed by atoms with van der Waals surface area (Å²) in [5.41, 5.74) is 0.897. The third-order valence-corrected chi connectivity index (χ3v) is 5.30. The quantitative estimate of drug-likeness (QED) is 0.784. The molecule has 0 saturated carbocycles. The molecule has 0 atom stereocenters. The van der Waals surface area contributed by atoms with Crippen molar-refractivity contribution < 1.29 is 9.53 Å². The van der Waals surface area contributed by atoms with E-state index in [4.69, 9.17) is 16.3 Å². The molecule has 1 amide bonds. The number of hydrogen-bond donors (Lipinski definition) is 0. The molecule has 116 valence electrons. The lowest BCUT2D eigenvalue weighted by molar-refractivity contribution is 0.116. The van der Waals surface area contributed by atoms with Crippen molar-refractivity contribution in [1.29, 1.82) is 0 Å². The maximum Gasteiger partial charge on any atom is 0.409 e. The lowest BCUT2D eigenvalue weighted by Gasteiger charge is -2.30. The van der Waals surface area contributed by atoms with Crippen LogP contribution in [0.1, 0.15) is 12.8 Å². The SMILES string of the molecule is COC(=O)N1CCC(Sc2ncnc3ccc(Cl)cc23)CC1. The van der Waals surface area contributed by atoms with Crippen LogP contribution in [-0.4, -0.2) is 46.4 Å². The summed E-state index contributed by atoms with van der Waals surface area (Å²) in [5.74, 6) is 0. The number of halogens is 1. The van der Waals surface area contributed by atoms with Gasteiger partial charge in [0.25, 0.3) is 0 Å². The van der Waals surface area contributed by atoms with Crippen LogP contribution in [0.3, 0.4) is 0 Å². The van der Waals surface area contributed by atoms with Gasteiger partial charge in [0.05, 0.1) is 12.6 Å². The first-order chi connectivity index (χ1) is 10.7. The standard InChI is InChI=1S/C15H16ClN3O2S/c1-21-15(20)19-6-4-11(5-7-19)22-14-12-8-10(16)2-3-13(12)17-9-18-14/h2-3,8-9,11H,4-7H2,1H3. The van der Waals surface area contributed by atoms with Crippen LogP contribution in [0.15, 0.2) is 29.6 Å². The number of rotatable bonds is 2. The van der Waals surface area contributed by atoms with Crippen LogP contribution >= 0.6 is 23.4 Å². The number of piperidine rings is 1. The summed E-state index contributed by atoms with van der Waals surface area (Å²) in [6, 6.07) is 5.65. The summed E-state index contributed by atoms with van der Waals surface area (Å²) in [7, 11) is 1.42. The van der Waals surface area contributed by atoms with Crippen LogP contribution in [0, 0.1) is 0 Å². The van der Waals surface area contributed by atoms with Gasteiger partial charge in [-0.3, -0.25) is 0 Å². The van der Waals surface area contributed by atoms with E-state index in [1.165, 1.54) is 7.11 Å². The molecule has 1 aliphatic heterocycles. The molecule has 2 aromatic rings. The summed E-state index contributed by atoms with van der Waals surface area (Å²) in [4.78, 5) is 21.9. The fourth-order valence-corrected chi connectivity index (χ4v) is 3.88. The molecule has 2 heterocycles. The van der Waals surface area contributed by atoms with Gasteiger partial charge in [0, 0.05) is 28.7 Å². The molecule has 1 aromatic carbocycles. The monoisotopic (exact) mass is 337 g/mol. The van der Waals surface area contributed by atoms with E-state index in [1.54, 1.807) is 23.0 Å². The van der Waals surface area contributed by atoms with Crippen molar-refractivity contribution >= 4 is 40.4 Å². The number of carbonyl (C=O) groups excluding carboxylic acids is 1. The number of thioether (sulfide) groups is 1. The van der Waals surface area contributed by atoms with Crippen molar-refractivity contribution in [2.75, 3.05) is 20.2 Å². The van der Waals surface area contributed by atoms with Gasteiger partial charge in [-0.2, -0.15) is 0 Å². The first-order valence-electron chi connectivity index (χ1n) is 7.07. The Bertz CT molecular complexity index is 690. The van der Waals surface area contributed by atoms with E-state index in [2.05, 4.69) is 9.97 Å². The number of amides is 1. The van der Waals surface area contributed by atoms with E-state index < -0.39 is 0 Å². The summed E-state index contributed by atoms with van der Waals surface area (Å²) in [5, 5.41) is 3.04. The Labute approximate surface area is 138 Å². The fourth-order valence-electron chi connectivity index (χ4n) is 2.54. The zero-order chi connectivity index (χ0) is 15.5. The van der Waals surface area contributed by atoms with Gasteiger partial charge in [-0.1, -0.05) is 11.6 Å². The average Bonchev–Trinajstić information content (AvgIpc) is 2.55. The van der Waals surface area contributed by atoms with E-state index in [0.717, 1.165) is 28.8 Å². The zero-order valence-corrected chi connectivity index (χ0v) is 13.7. The minimum Gasteiger partial charge on any atom is -0.453 e. The second kappa shape index (κ2) is 6.71. The number of ether oxygens (including phenoxy) is 1. The largest absolute Gasteiger partial charge is 0.453 e. The molecule has 0 unspecified atom stereocenters. The molecule has 7 heteroatoms. The molecule has 0 aliphatic carbocycles. The van der Waals surface area contributed by atoms with Gasteiger partial charge in [-0.15, -0.1) is 11.8 Å². The molecule has 1 aromatic heterocycles. The number of nitrogens with zero attached hydrogens (tertiary/aromatic N) is 3. The van der Waals surface area contributed by atoms with Crippen molar-refractivity contribution in [2.24, 2.45) is 0 Å². The maximum atomic E-state index is 11.5. The van der Waals surface area contributed by atoms with Crippen molar-refractivity contribution in [3.8, 4) is 0 Å². The molecule has 22 heavy (non-hydrogen) atoms. The molecule has 0 spiro atoms. The second-order valence-corrected chi connectivity index (χ2v) is 6.84. The van der Waals surface area contributed by atoms with Gasteiger partial charge >= 0.3 is 6.09 Å². The molecule has 0 bridgehead atoms. The lowest BCUT2D eigenvalue weighted by Crippen LogP contribution is -2.39. The fraction of sp³-hybridized carbons (Fsp3) is 0.400. The second-order valence-electron chi connectivity index (χ2n) is 5.11. The number of fused-ring (bicyclic) bond motifs is 1. The smallest absolute Gasteiger partial charge is 0.409 e. The number of hydrogen-bond acceptors (Lipinski definition) is 5. The first kappa shape index (κ1) is 15.4. The highest BCUT2D eigenvalue weighted by atomic mass is 35.5. The number of carbonyl (C=O) groups is 1. The molecule has 1 fully saturated rings. The predicted octanol–water partition coefficient (Wildman–Crippen LogP) is 3.61. The Kier molecular flexibility index (Phi) is 4.69. The molecule has 5 nitrogen and oxygen atoms in total. The van der Waals surface area contributed by atoms with Gasteiger partial charge in [-0.25, -0.2) is 14.8 Å². The first-order valence-corrected chi connectivity index (χ1v) is 8.33. The topological polar surface area (TPSA) is 55.3 Å². The molecule has 1 aliphatic rings. The highest BCUT2D eigenvalue weighted by Gasteiger charge is 2.24. The molecular weight excluding hydrogens is 322 g/mol. The van der Waals surface area contributed by atoms with E-state index >= 15 is 0 Å². The summed E-state index contributed by atoms with van der Waals surface area (Å²) in [6.45, 7) is 1.43. The molecule has 0 N–H and O–H groups in total. The lowest BCUT2D eigenvalue weighted by atomic mass is 10.1. The Hall–Kier alpha value is -1.53. The highest BCUT2D eigenvalue weighted by molar-refractivity contribution is 8.00. The van der Waals surface area contributed by atoms with E-state index in [-0.39, 0.29) is 6.09 Å². The van der Waals surface area contributed by atoms with Crippen molar-refractivity contribution in [3.05, 3.63) is 29.5 Å². The maximum absolute atomic E-state index is 11.5. The minimum atomic E-state index is -0.247. The molecule has 1 saturated heterocycles. The zero-order valence-electron chi connectivity index (χ0n) is 12.2. The van der Waals surface area contributed by atoms with Gasteiger partial charge in [0.2, 0.25) is 0 Å². The Morgan fingerprint density at radius 1 is 1.36 bits per heavy atom. The number of benzene rings is 1.